The largest absolute Gasteiger partial charge is 0.532 e. The highest BCUT2D eigenvalue weighted by molar-refractivity contribution is 6.60. The van der Waals surface area contributed by atoms with E-state index in [9.17, 15) is 8.78 Å². The Hall–Kier alpha value is -0.915. The molecule has 4 nitrogen and oxygen atoms in total. The molecule has 7 heteroatoms. The second-order valence-corrected chi connectivity index (χ2v) is 6.37. The first-order chi connectivity index (χ1) is 8.97. The first kappa shape index (κ1) is 15.5. The number of hydrogen-bond acceptors (Lipinski definition) is 4. The Bertz CT molecular complexity index is 484. The normalized spacial score (nSPS) is 24.1. The third-order valence-corrected chi connectivity index (χ3v) is 4.10. The Morgan fingerprint density at radius 1 is 1.15 bits per heavy atom. The topological polar surface area (TPSA) is 57.6 Å². The highest BCUT2D eigenvalue weighted by atomic mass is 19.3. The fraction of sp³-hybridized carbons (Fsp3) is 0.692. The van der Waals surface area contributed by atoms with Gasteiger partial charge in [0, 0.05) is 0 Å². The van der Waals surface area contributed by atoms with Gasteiger partial charge in [-0.3, -0.25) is 0 Å². The van der Waals surface area contributed by atoms with Gasteiger partial charge in [-0.05, 0) is 46.8 Å². The highest BCUT2D eigenvalue weighted by Crippen LogP contribution is 2.37. The monoisotopic (exact) mass is 287 g/mol. The molecule has 0 aromatic carbocycles. The lowest BCUT2D eigenvalue weighted by atomic mass is 9.86. The number of rotatable bonds is 3. The summed E-state index contributed by atoms with van der Waals surface area (Å²) >= 11 is 0. The van der Waals surface area contributed by atoms with Gasteiger partial charge in [0.15, 0.2) is 0 Å². The van der Waals surface area contributed by atoms with Gasteiger partial charge in [0.2, 0.25) is 0 Å². The van der Waals surface area contributed by atoms with Crippen molar-refractivity contribution in [3.05, 3.63) is 17.9 Å². The van der Waals surface area contributed by atoms with Crippen LogP contribution in [-0.2, 0) is 14.8 Å². The maximum absolute atomic E-state index is 12.9. The molecule has 1 unspecified atom stereocenters. The molecule has 2 heterocycles. The molecule has 0 saturated carbocycles. The van der Waals surface area contributed by atoms with E-state index in [-0.39, 0.29) is 5.76 Å². The molecule has 1 aliphatic heterocycles. The van der Waals surface area contributed by atoms with Crippen molar-refractivity contribution in [2.24, 2.45) is 5.73 Å². The van der Waals surface area contributed by atoms with E-state index in [1.165, 1.54) is 13.0 Å². The van der Waals surface area contributed by atoms with Gasteiger partial charge in [-0.1, -0.05) is 0 Å². The van der Waals surface area contributed by atoms with E-state index >= 15 is 0 Å². The van der Waals surface area contributed by atoms with Crippen LogP contribution in [-0.4, -0.2) is 24.7 Å². The first-order valence-electron chi connectivity index (χ1n) is 6.50. The maximum atomic E-state index is 12.9. The lowest BCUT2D eigenvalue weighted by Crippen LogP contribution is -2.41. The van der Waals surface area contributed by atoms with Gasteiger partial charge in [-0.25, -0.2) is 8.78 Å². The molecule has 0 aliphatic carbocycles. The fourth-order valence-corrected chi connectivity index (χ4v) is 1.84. The lowest BCUT2D eigenvalue weighted by Gasteiger charge is -2.32. The molecular formula is C13H20BF2NO3. The Morgan fingerprint density at radius 2 is 1.65 bits per heavy atom. The van der Waals surface area contributed by atoms with Crippen molar-refractivity contribution in [2.45, 2.75) is 57.8 Å². The molecule has 1 saturated heterocycles. The van der Waals surface area contributed by atoms with Crippen LogP contribution in [0.3, 0.4) is 0 Å². The molecule has 2 N–H and O–H groups in total. The summed E-state index contributed by atoms with van der Waals surface area (Å²) in [5.41, 5.74) is 3.06. The van der Waals surface area contributed by atoms with Crippen molar-refractivity contribution < 1.29 is 22.5 Å². The molecule has 1 aliphatic rings. The summed E-state index contributed by atoms with van der Waals surface area (Å²) in [6, 6.07) is 3.00. The summed E-state index contributed by atoms with van der Waals surface area (Å²) in [6.07, 6.45) is -2.72. The zero-order valence-corrected chi connectivity index (χ0v) is 12.4. The van der Waals surface area contributed by atoms with Crippen molar-refractivity contribution in [2.75, 3.05) is 0 Å². The van der Waals surface area contributed by atoms with E-state index in [1.54, 1.807) is 6.07 Å². The van der Waals surface area contributed by atoms with Crippen LogP contribution >= 0.6 is 0 Å². The molecule has 0 spiro atoms. The van der Waals surface area contributed by atoms with Gasteiger partial charge in [-0.2, -0.15) is 0 Å². The Balaban J connectivity index is 2.24. The maximum Gasteiger partial charge on any atom is 0.532 e. The number of furan rings is 1. The lowest BCUT2D eigenvalue weighted by molar-refractivity contribution is 0.00578. The zero-order chi connectivity index (χ0) is 15.3. The molecule has 0 bridgehead atoms. The van der Waals surface area contributed by atoms with E-state index in [4.69, 9.17) is 19.5 Å². The molecule has 1 aromatic heterocycles. The number of halogens is 2. The van der Waals surface area contributed by atoms with Crippen LogP contribution in [0.2, 0.25) is 0 Å². The highest BCUT2D eigenvalue weighted by Gasteiger charge is 2.53. The summed E-state index contributed by atoms with van der Waals surface area (Å²) < 4.78 is 42.8. The SMILES string of the molecule is CC(N)(c1ccc(B2OC(C)(C)C(C)(C)O2)o1)C(F)F. The van der Waals surface area contributed by atoms with Gasteiger partial charge in [0.05, 0.1) is 11.2 Å². The van der Waals surface area contributed by atoms with Crippen molar-refractivity contribution in [1.82, 2.24) is 0 Å². The first-order valence-corrected chi connectivity index (χ1v) is 6.50. The Kier molecular flexibility index (Phi) is 3.52. The fourth-order valence-electron chi connectivity index (χ4n) is 1.84. The Morgan fingerprint density at radius 3 is 2.10 bits per heavy atom. The predicted octanol–water partition coefficient (Wildman–Crippen LogP) is 2.02. The zero-order valence-electron chi connectivity index (χ0n) is 12.4. The summed E-state index contributed by atoms with van der Waals surface area (Å²) in [5, 5.41) is 0. The molecule has 0 amide bonds. The van der Waals surface area contributed by atoms with Gasteiger partial charge in [0.25, 0.3) is 6.43 Å². The van der Waals surface area contributed by atoms with Crippen LogP contribution in [0.5, 0.6) is 0 Å². The van der Waals surface area contributed by atoms with Gasteiger partial charge in [-0.15, -0.1) is 0 Å². The molecular weight excluding hydrogens is 267 g/mol. The van der Waals surface area contributed by atoms with E-state index in [2.05, 4.69) is 0 Å². The molecule has 0 radical (unpaired) electrons. The van der Waals surface area contributed by atoms with Crippen LogP contribution in [0.25, 0.3) is 0 Å². The van der Waals surface area contributed by atoms with Gasteiger partial charge < -0.3 is 19.5 Å². The minimum absolute atomic E-state index is 0.0113. The van der Waals surface area contributed by atoms with E-state index in [0.717, 1.165) is 0 Å². The Labute approximate surface area is 117 Å². The quantitative estimate of drug-likeness (QED) is 0.864. The second-order valence-electron chi connectivity index (χ2n) is 6.37. The summed E-state index contributed by atoms with van der Waals surface area (Å²) in [7, 11) is -0.720. The number of alkyl halides is 2. The molecule has 1 fully saturated rings. The van der Waals surface area contributed by atoms with Crippen molar-refractivity contribution in [1.29, 1.82) is 0 Å². The van der Waals surface area contributed by atoms with Gasteiger partial charge in [0.1, 0.15) is 17.0 Å². The van der Waals surface area contributed by atoms with E-state index < -0.39 is 30.3 Å². The third-order valence-electron chi connectivity index (χ3n) is 4.10. The summed E-state index contributed by atoms with van der Waals surface area (Å²) in [4.78, 5) is 0. The molecule has 1 atom stereocenters. The van der Waals surface area contributed by atoms with Gasteiger partial charge >= 0.3 is 7.12 Å². The molecule has 1 aromatic rings. The van der Waals surface area contributed by atoms with E-state index in [0.29, 0.717) is 5.66 Å². The molecule has 112 valence electrons. The second kappa shape index (κ2) is 4.54. The summed E-state index contributed by atoms with van der Waals surface area (Å²) in [6.45, 7) is 8.85. The average Bonchev–Trinajstić information content (AvgIpc) is 2.82. The third kappa shape index (κ3) is 2.38. The van der Waals surface area contributed by atoms with Crippen molar-refractivity contribution in [3.8, 4) is 0 Å². The van der Waals surface area contributed by atoms with Crippen LogP contribution in [0.1, 0.15) is 40.4 Å². The standard InChI is InChI=1S/C13H20BF2NO3/c1-11(2)12(3,4)20-14(19-11)9-7-6-8(18-9)13(5,17)10(15)16/h6-7,10H,17H2,1-5H3. The minimum Gasteiger partial charge on any atom is -0.467 e. The summed E-state index contributed by atoms with van der Waals surface area (Å²) in [5.74, 6) is 0.0113. The smallest absolute Gasteiger partial charge is 0.467 e. The molecule has 20 heavy (non-hydrogen) atoms. The number of nitrogens with two attached hydrogens (primary N) is 1. The van der Waals surface area contributed by atoms with Crippen LogP contribution in [0.15, 0.2) is 16.5 Å². The minimum atomic E-state index is -2.72. The van der Waals surface area contributed by atoms with Crippen molar-refractivity contribution in [3.63, 3.8) is 0 Å². The van der Waals surface area contributed by atoms with E-state index in [1.807, 2.05) is 27.7 Å². The van der Waals surface area contributed by atoms with Crippen LogP contribution < -0.4 is 11.4 Å². The van der Waals surface area contributed by atoms with Crippen molar-refractivity contribution >= 4 is 12.8 Å². The molecule has 2 rings (SSSR count). The average molecular weight is 287 g/mol. The van der Waals surface area contributed by atoms with Crippen LogP contribution in [0.4, 0.5) is 8.78 Å². The van der Waals surface area contributed by atoms with Crippen LogP contribution in [0, 0.1) is 0 Å². The number of hydrogen-bond donors (Lipinski definition) is 1. The predicted molar refractivity (Wildman–Crippen MR) is 72.0 cm³/mol.